The predicted molar refractivity (Wildman–Crippen MR) is 64.0 cm³/mol. The molecule has 90 valence electrons. The molecule has 0 fully saturated rings. The molecule has 0 bridgehead atoms. The van der Waals surface area contributed by atoms with Crippen LogP contribution in [0.4, 0.5) is 5.69 Å². The van der Waals surface area contributed by atoms with Gasteiger partial charge in [0.05, 0.1) is 25.0 Å². The smallest absolute Gasteiger partial charge is 0.287 e. The maximum absolute atomic E-state index is 11.7. The predicted octanol–water partition coefficient (Wildman–Crippen LogP) is 1.10. The average Bonchev–Trinajstić information content (AvgIpc) is 2.28. The number of aromatic nitrogens is 2. The third-order valence-electron chi connectivity index (χ3n) is 2.31. The van der Waals surface area contributed by atoms with Gasteiger partial charge in [0.2, 0.25) is 0 Å². The van der Waals surface area contributed by atoms with E-state index in [4.69, 9.17) is 16.7 Å². The minimum atomic E-state index is -0.385. The van der Waals surface area contributed by atoms with Gasteiger partial charge in [-0.1, -0.05) is 18.5 Å². The lowest BCUT2D eigenvalue weighted by Gasteiger charge is -2.14. The van der Waals surface area contributed by atoms with Gasteiger partial charge in [-0.05, 0) is 13.3 Å². The number of hydrogen-bond donors (Lipinski definition) is 2. The summed E-state index contributed by atoms with van der Waals surface area (Å²) in [5, 5.41) is 15.9. The molecule has 0 aliphatic rings. The molecule has 0 aromatic carbocycles. The molecule has 0 saturated heterocycles. The summed E-state index contributed by atoms with van der Waals surface area (Å²) in [6, 6.07) is 0.229. The van der Waals surface area contributed by atoms with Gasteiger partial charge in [0.1, 0.15) is 5.02 Å². The Morgan fingerprint density at radius 1 is 1.69 bits per heavy atom. The monoisotopic (exact) mass is 245 g/mol. The summed E-state index contributed by atoms with van der Waals surface area (Å²) in [7, 11) is 0. The number of anilines is 1. The molecule has 5 nitrogen and oxygen atoms in total. The van der Waals surface area contributed by atoms with Gasteiger partial charge >= 0.3 is 0 Å². The fraction of sp³-hybridized carbons (Fsp3) is 0.600. The van der Waals surface area contributed by atoms with Crippen molar-refractivity contribution in [2.45, 2.75) is 32.9 Å². The summed E-state index contributed by atoms with van der Waals surface area (Å²) in [5.74, 6) is 0. The normalized spacial score (nSPS) is 12.5. The standard InChI is InChI=1S/C10H16ClN3O2/c1-3-7(2)13-8-6-12-14(4-5-15)10(16)9(8)11/h6-7,13,15H,3-5H2,1-2H3. The Balaban J connectivity index is 2.98. The van der Waals surface area contributed by atoms with Crippen LogP contribution in [-0.4, -0.2) is 27.5 Å². The lowest BCUT2D eigenvalue weighted by atomic mass is 10.2. The van der Waals surface area contributed by atoms with Crippen LogP contribution >= 0.6 is 11.6 Å². The fourth-order valence-corrected chi connectivity index (χ4v) is 1.39. The van der Waals surface area contributed by atoms with Crippen LogP contribution in [0, 0.1) is 0 Å². The Labute approximate surface area is 99.0 Å². The van der Waals surface area contributed by atoms with Gasteiger partial charge < -0.3 is 10.4 Å². The highest BCUT2D eigenvalue weighted by Gasteiger charge is 2.10. The average molecular weight is 246 g/mol. The molecule has 1 atom stereocenters. The van der Waals surface area contributed by atoms with Crippen molar-refractivity contribution in [2.75, 3.05) is 11.9 Å². The van der Waals surface area contributed by atoms with Gasteiger partial charge in [0.15, 0.2) is 0 Å². The van der Waals surface area contributed by atoms with Crippen LogP contribution in [0.2, 0.25) is 5.02 Å². The van der Waals surface area contributed by atoms with Gasteiger partial charge in [0, 0.05) is 6.04 Å². The van der Waals surface area contributed by atoms with E-state index in [-0.39, 0.29) is 29.8 Å². The van der Waals surface area contributed by atoms with Crippen LogP contribution in [0.15, 0.2) is 11.0 Å². The molecule has 0 aliphatic heterocycles. The summed E-state index contributed by atoms with van der Waals surface area (Å²) in [4.78, 5) is 11.7. The molecule has 6 heteroatoms. The van der Waals surface area contributed by atoms with Gasteiger partial charge in [-0.15, -0.1) is 0 Å². The Morgan fingerprint density at radius 2 is 2.38 bits per heavy atom. The first kappa shape index (κ1) is 13.0. The van der Waals surface area contributed by atoms with Crippen LogP contribution in [0.1, 0.15) is 20.3 Å². The van der Waals surface area contributed by atoms with Crippen LogP contribution < -0.4 is 10.9 Å². The highest BCUT2D eigenvalue weighted by Crippen LogP contribution is 2.16. The van der Waals surface area contributed by atoms with E-state index in [9.17, 15) is 4.79 Å². The molecule has 16 heavy (non-hydrogen) atoms. The van der Waals surface area contributed by atoms with Crippen molar-refractivity contribution >= 4 is 17.3 Å². The second-order valence-corrected chi connectivity index (χ2v) is 3.96. The van der Waals surface area contributed by atoms with Crippen molar-refractivity contribution in [3.05, 3.63) is 21.6 Å². The van der Waals surface area contributed by atoms with Gasteiger partial charge in [-0.3, -0.25) is 4.79 Å². The zero-order chi connectivity index (χ0) is 12.1. The van der Waals surface area contributed by atoms with Crippen molar-refractivity contribution in [3.63, 3.8) is 0 Å². The second-order valence-electron chi connectivity index (χ2n) is 3.58. The fourth-order valence-electron chi connectivity index (χ4n) is 1.19. The molecule has 0 amide bonds. The number of nitrogens with zero attached hydrogens (tertiary/aromatic N) is 2. The minimum Gasteiger partial charge on any atom is -0.394 e. The Bertz CT molecular complexity index is 406. The van der Waals surface area contributed by atoms with E-state index in [1.165, 1.54) is 6.20 Å². The molecule has 0 aliphatic carbocycles. The van der Waals surface area contributed by atoms with Crippen molar-refractivity contribution in [3.8, 4) is 0 Å². The van der Waals surface area contributed by atoms with Crippen LogP contribution in [0.3, 0.4) is 0 Å². The highest BCUT2D eigenvalue weighted by atomic mass is 35.5. The van der Waals surface area contributed by atoms with Crippen LogP contribution in [0.5, 0.6) is 0 Å². The third-order valence-corrected chi connectivity index (χ3v) is 2.68. The molecular weight excluding hydrogens is 230 g/mol. The largest absolute Gasteiger partial charge is 0.394 e. The summed E-state index contributed by atoms with van der Waals surface area (Å²) in [6.07, 6.45) is 2.43. The van der Waals surface area contributed by atoms with Crippen molar-refractivity contribution in [2.24, 2.45) is 0 Å². The van der Waals surface area contributed by atoms with E-state index >= 15 is 0 Å². The molecule has 1 heterocycles. The van der Waals surface area contributed by atoms with E-state index in [0.717, 1.165) is 11.1 Å². The molecule has 0 radical (unpaired) electrons. The van der Waals surface area contributed by atoms with Gasteiger partial charge in [-0.2, -0.15) is 5.10 Å². The minimum absolute atomic E-state index is 0.115. The molecule has 1 rings (SSSR count). The number of aliphatic hydroxyl groups excluding tert-OH is 1. The summed E-state index contributed by atoms with van der Waals surface area (Å²) < 4.78 is 1.14. The van der Waals surface area contributed by atoms with E-state index in [0.29, 0.717) is 5.69 Å². The van der Waals surface area contributed by atoms with Gasteiger partial charge in [0.25, 0.3) is 5.56 Å². The Hall–Kier alpha value is -1.07. The Morgan fingerprint density at radius 3 is 2.94 bits per heavy atom. The zero-order valence-corrected chi connectivity index (χ0v) is 10.2. The zero-order valence-electron chi connectivity index (χ0n) is 9.40. The maximum atomic E-state index is 11.7. The molecule has 1 unspecified atom stereocenters. The maximum Gasteiger partial charge on any atom is 0.287 e. The van der Waals surface area contributed by atoms with Crippen molar-refractivity contribution < 1.29 is 5.11 Å². The molecule has 2 N–H and O–H groups in total. The first-order chi connectivity index (χ1) is 7.60. The number of aliphatic hydroxyl groups is 1. The van der Waals surface area contributed by atoms with Gasteiger partial charge in [-0.25, -0.2) is 4.68 Å². The van der Waals surface area contributed by atoms with Crippen molar-refractivity contribution in [1.29, 1.82) is 0 Å². The second kappa shape index (κ2) is 5.86. The highest BCUT2D eigenvalue weighted by molar-refractivity contribution is 6.32. The number of nitrogens with one attached hydrogen (secondary N) is 1. The lowest BCUT2D eigenvalue weighted by Crippen LogP contribution is -2.26. The molecule has 1 aromatic rings. The summed E-state index contributed by atoms with van der Waals surface area (Å²) in [5.41, 5.74) is 0.152. The van der Waals surface area contributed by atoms with E-state index in [2.05, 4.69) is 10.4 Å². The summed E-state index contributed by atoms with van der Waals surface area (Å²) in [6.45, 7) is 4.05. The first-order valence-corrected chi connectivity index (χ1v) is 5.61. The molecule has 1 aromatic heterocycles. The van der Waals surface area contributed by atoms with Crippen molar-refractivity contribution in [1.82, 2.24) is 9.78 Å². The molecular formula is C10H16ClN3O2. The first-order valence-electron chi connectivity index (χ1n) is 5.23. The number of rotatable bonds is 5. The topological polar surface area (TPSA) is 67.2 Å². The van der Waals surface area contributed by atoms with E-state index < -0.39 is 0 Å². The van der Waals surface area contributed by atoms with Crippen LogP contribution in [-0.2, 0) is 6.54 Å². The molecule has 0 saturated carbocycles. The number of hydrogen-bond acceptors (Lipinski definition) is 4. The summed E-state index contributed by atoms with van der Waals surface area (Å²) >= 11 is 5.92. The Kier molecular flexibility index (Phi) is 4.76. The number of halogens is 1. The van der Waals surface area contributed by atoms with E-state index in [1.807, 2.05) is 13.8 Å². The third kappa shape index (κ3) is 2.96. The molecule has 0 spiro atoms. The lowest BCUT2D eigenvalue weighted by molar-refractivity contribution is 0.266. The SMILES string of the molecule is CCC(C)Nc1cnn(CCO)c(=O)c1Cl. The van der Waals surface area contributed by atoms with Crippen LogP contribution in [0.25, 0.3) is 0 Å². The van der Waals surface area contributed by atoms with E-state index in [1.54, 1.807) is 0 Å². The quantitative estimate of drug-likeness (QED) is 0.815.